The molecule has 28 heavy (non-hydrogen) atoms. The zero-order valence-corrected chi connectivity index (χ0v) is 21.3. The quantitative estimate of drug-likeness (QED) is 0.452. The van der Waals surface area contributed by atoms with Crippen LogP contribution in [-0.2, 0) is 8.85 Å². The van der Waals surface area contributed by atoms with Gasteiger partial charge in [0.25, 0.3) is 0 Å². The van der Waals surface area contributed by atoms with Gasteiger partial charge in [0.15, 0.2) is 8.32 Å². The maximum absolute atomic E-state index is 6.72. The molecule has 4 heteroatoms. The van der Waals surface area contributed by atoms with Crippen LogP contribution in [-0.4, -0.2) is 22.7 Å². The Morgan fingerprint density at radius 2 is 1.68 bits per heavy atom. The van der Waals surface area contributed by atoms with E-state index in [1.807, 2.05) is 0 Å². The Labute approximate surface area is 175 Å². The lowest BCUT2D eigenvalue weighted by Gasteiger charge is -2.54. The van der Waals surface area contributed by atoms with Crippen LogP contribution in [0.15, 0.2) is 23.5 Å². The maximum atomic E-state index is 6.72. The van der Waals surface area contributed by atoms with E-state index in [1.165, 1.54) is 50.7 Å². The van der Waals surface area contributed by atoms with E-state index in [0.717, 1.165) is 23.7 Å². The summed E-state index contributed by atoms with van der Waals surface area (Å²) in [5, 5.41) is 0. The van der Waals surface area contributed by atoms with Gasteiger partial charge in [-0.05, 0) is 125 Å². The molecule has 0 heterocycles. The van der Waals surface area contributed by atoms with Gasteiger partial charge in [-0.2, -0.15) is 0 Å². The molecule has 0 aromatic heterocycles. The van der Waals surface area contributed by atoms with Gasteiger partial charge in [0.05, 0.1) is 11.9 Å². The van der Waals surface area contributed by atoms with Gasteiger partial charge in [-0.15, -0.1) is 0 Å². The van der Waals surface area contributed by atoms with Gasteiger partial charge >= 0.3 is 0 Å². The number of fused-ring (bicyclic) bond motifs is 5. The summed E-state index contributed by atoms with van der Waals surface area (Å²) in [7, 11) is -2.99. The fourth-order valence-corrected chi connectivity index (χ4v) is 9.10. The summed E-state index contributed by atoms with van der Waals surface area (Å²) >= 11 is 0. The first-order chi connectivity index (χ1) is 13.0. The summed E-state index contributed by atoms with van der Waals surface area (Å²) in [6, 6.07) is 0. The van der Waals surface area contributed by atoms with Gasteiger partial charge in [-0.3, -0.25) is 0 Å². The number of rotatable bonds is 4. The Balaban J connectivity index is 1.49. The molecule has 0 radical (unpaired) electrons. The van der Waals surface area contributed by atoms with Crippen molar-refractivity contribution >= 4 is 16.6 Å². The average molecular weight is 419 g/mol. The van der Waals surface area contributed by atoms with Crippen LogP contribution in [0.3, 0.4) is 0 Å². The fourth-order valence-electron chi connectivity index (χ4n) is 7.01. The first-order valence-corrected chi connectivity index (χ1v) is 18.6. The molecule has 2 nitrogen and oxygen atoms in total. The van der Waals surface area contributed by atoms with E-state index in [9.17, 15) is 0 Å². The van der Waals surface area contributed by atoms with E-state index < -0.39 is 16.6 Å². The number of allylic oxidation sites excluding steroid dienone is 3. The van der Waals surface area contributed by atoms with Crippen LogP contribution in [0.1, 0.15) is 51.9 Å². The average Bonchev–Trinajstić information content (AvgIpc) is 2.88. The third kappa shape index (κ3) is 3.98. The Hall–Kier alpha value is -0.326. The highest BCUT2D eigenvalue weighted by Gasteiger charge is 2.57. The van der Waals surface area contributed by atoms with Crippen LogP contribution in [0.25, 0.3) is 0 Å². The van der Waals surface area contributed by atoms with Gasteiger partial charge in [0, 0.05) is 0 Å². The van der Waals surface area contributed by atoms with Gasteiger partial charge in [-0.25, -0.2) is 0 Å². The molecule has 3 saturated carbocycles. The van der Waals surface area contributed by atoms with Gasteiger partial charge in [-0.1, -0.05) is 12.5 Å². The van der Waals surface area contributed by atoms with Crippen LogP contribution in [0.4, 0.5) is 0 Å². The second-order valence-electron chi connectivity index (χ2n) is 12.2. The van der Waals surface area contributed by atoms with E-state index in [1.54, 1.807) is 5.57 Å². The highest BCUT2D eigenvalue weighted by atomic mass is 28.4. The van der Waals surface area contributed by atoms with Crippen molar-refractivity contribution in [3.05, 3.63) is 23.5 Å². The topological polar surface area (TPSA) is 18.5 Å². The molecule has 5 unspecified atom stereocenters. The van der Waals surface area contributed by atoms with Crippen molar-refractivity contribution in [3.63, 3.8) is 0 Å². The molecule has 0 aromatic rings. The molecule has 0 saturated heterocycles. The van der Waals surface area contributed by atoms with E-state index in [0.29, 0.717) is 11.5 Å². The van der Waals surface area contributed by atoms with Crippen molar-refractivity contribution in [3.8, 4) is 0 Å². The van der Waals surface area contributed by atoms with Gasteiger partial charge in [0.2, 0.25) is 8.32 Å². The zero-order chi connectivity index (χ0) is 20.3. The summed E-state index contributed by atoms with van der Waals surface area (Å²) in [4.78, 5) is 0. The van der Waals surface area contributed by atoms with Crippen molar-refractivity contribution in [2.45, 2.75) is 97.3 Å². The summed E-state index contributed by atoms with van der Waals surface area (Å²) in [5.74, 6) is 4.67. The van der Waals surface area contributed by atoms with E-state index >= 15 is 0 Å². The first kappa shape index (κ1) is 20.9. The molecule has 0 bridgehead atoms. The van der Waals surface area contributed by atoms with Crippen molar-refractivity contribution in [2.24, 2.45) is 29.1 Å². The van der Waals surface area contributed by atoms with Gasteiger partial charge in [0.1, 0.15) is 0 Å². The largest absolute Gasteiger partial charge is 0.545 e. The lowest BCUT2D eigenvalue weighted by Crippen LogP contribution is -2.49. The molecule has 0 spiro atoms. The highest BCUT2D eigenvalue weighted by molar-refractivity contribution is 6.70. The second kappa shape index (κ2) is 7.13. The van der Waals surface area contributed by atoms with Crippen molar-refractivity contribution < 1.29 is 8.85 Å². The van der Waals surface area contributed by atoms with Crippen LogP contribution < -0.4 is 0 Å². The predicted molar refractivity (Wildman–Crippen MR) is 123 cm³/mol. The Kier molecular flexibility index (Phi) is 5.33. The standard InChI is InChI=1S/C24H42O2Si2/c1-24-15-14-20-19-11-9-18(25-27(2,3)4)16-17(19)8-10-21(20)22(24)12-13-23(24)26-28(5,6)7/h9,16,19-23H,8,10-15H2,1-7H3/t19?,20?,21?,22?,23-,24?/m0/s1. The van der Waals surface area contributed by atoms with Crippen LogP contribution in [0.2, 0.25) is 39.3 Å². The van der Waals surface area contributed by atoms with E-state index in [2.05, 4.69) is 58.4 Å². The van der Waals surface area contributed by atoms with E-state index in [4.69, 9.17) is 8.85 Å². The van der Waals surface area contributed by atoms with Crippen LogP contribution in [0, 0.1) is 29.1 Å². The second-order valence-corrected chi connectivity index (χ2v) is 21.1. The molecule has 4 aliphatic carbocycles. The van der Waals surface area contributed by atoms with Crippen molar-refractivity contribution in [1.82, 2.24) is 0 Å². The molecule has 6 atom stereocenters. The number of hydrogen-bond acceptors (Lipinski definition) is 2. The molecular formula is C24H42O2Si2. The minimum Gasteiger partial charge on any atom is -0.545 e. The van der Waals surface area contributed by atoms with Crippen LogP contribution in [0.5, 0.6) is 0 Å². The van der Waals surface area contributed by atoms with E-state index in [-0.39, 0.29) is 0 Å². The maximum Gasteiger partial charge on any atom is 0.242 e. The highest BCUT2D eigenvalue weighted by Crippen LogP contribution is 2.62. The summed E-state index contributed by atoms with van der Waals surface area (Å²) in [6.45, 7) is 16.5. The Morgan fingerprint density at radius 1 is 0.929 bits per heavy atom. The van der Waals surface area contributed by atoms with Crippen molar-refractivity contribution in [1.29, 1.82) is 0 Å². The first-order valence-electron chi connectivity index (χ1n) is 11.7. The minimum atomic E-state index is -1.51. The summed E-state index contributed by atoms with van der Waals surface area (Å²) in [6.07, 6.45) is 14.8. The summed E-state index contributed by atoms with van der Waals surface area (Å²) < 4.78 is 13.0. The molecular weight excluding hydrogens is 376 g/mol. The molecule has 0 amide bonds. The summed E-state index contributed by atoms with van der Waals surface area (Å²) in [5.41, 5.74) is 2.13. The zero-order valence-electron chi connectivity index (χ0n) is 19.3. The normalized spacial score (nSPS) is 40.8. The number of hydrogen-bond donors (Lipinski definition) is 0. The predicted octanol–water partition coefficient (Wildman–Crippen LogP) is 7.12. The molecule has 0 aliphatic heterocycles. The molecule has 4 rings (SSSR count). The molecule has 3 fully saturated rings. The smallest absolute Gasteiger partial charge is 0.242 e. The third-order valence-corrected chi connectivity index (χ3v) is 9.83. The Morgan fingerprint density at radius 3 is 2.36 bits per heavy atom. The molecule has 4 aliphatic rings. The Bertz CT molecular complexity index is 669. The molecule has 0 N–H and O–H groups in total. The third-order valence-electron chi connectivity index (χ3n) is 7.99. The lowest BCUT2D eigenvalue weighted by atomic mass is 9.52. The molecule has 0 aromatic carbocycles. The van der Waals surface area contributed by atoms with Crippen molar-refractivity contribution in [2.75, 3.05) is 0 Å². The monoisotopic (exact) mass is 418 g/mol. The minimum absolute atomic E-state index is 0.430. The SMILES string of the molecule is CC12CCC3C4CC=C(O[Si](C)(C)C)C=C4CCC3C1CC[C@@H]2O[Si](C)(C)C. The van der Waals surface area contributed by atoms with Gasteiger partial charge < -0.3 is 8.85 Å². The lowest BCUT2D eigenvalue weighted by molar-refractivity contribution is -0.0455. The fraction of sp³-hybridized carbons (Fsp3) is 0.833. The molecule has 158 valence electrons. The van der Waals surface area contributed by atoms with Crippen LogP contribution >= 0.6 is 0 Å².